The van der Waals surface area contributed by atoms with Crippen molar-refractivity contribution in [2.45, 2.75) is 26.3 Å². The van der Waals surface area contributed by atoms with Crippen molar-refractivity contribution in [3.8, 4) is 0 Å². The highest BCUT2D eigenvalue weighted by Crippen LogP contribution is 2.40. The zero-order valence-electron chi connectivity index (χ0n) is 14.3. The molecule has 2 saturated heterocycles. The minimum atomic E-state index is -0.0518. The summed E-state index contributed by atoms with van der Waals surface area (Å²) < 4.78 is 0. The molecule has 2 heterocycles. The van der Waals surface area contributed by atoms with E-state index in [0.717, 1.165) is 51.3 Å². The van der Waals surface area contributed by atoms with E-state index in [1.54, 1.807) is 0 Å². The second kappa shape index (κ2) is 6.77. The minimum Gasteiger partial charge on any atom is -0.339 e. The van der Waals surface area contributed by atoms with E-state index in [-0.39, 0.29) is 17.2 Å². The van der Waals surface area contributed by atoms with Gasteiger partial charge >= 0.3 is 0 Å². The largest absolute Gasteiger partial charge is 0.339 e. The molecule has 0 aliphatic carbocycles. The van der Waals surface area contributed by atoms with Gasteiger partial charge in [-0.3, -0.25) is 14.5 Å². The molecule has 1 N–H and O–H groups in total. The number of likely N-dealkylation sites (tertiary alicyclic amines) is 2. The minimum absolute atomic E-state index is 0.0518. The van der Waals surface area contributed by atoms with E-state index in [1.807, 2.05) is 17.0 Å². The van der Waals surface area contributed by atoms with Gasteiger partial charge in [0, 0.05) is 44.2 Å². The molecule has 2 amide bonds. The number of nitrogens with zero attached hydrogens (tertiary/aromatic N) is 2. The highest BCUT2D eigenvalue weighted by Gasteiger charge is 2.44. The Labute approximate surface area is 143 Å². The summed E-state index contributed by atoms with van der Waals surface area (Å²) in [4.78, 5) is 27.3. The molecule has 1 unspecified atom stereocenters. The van der Waals surface area contributed by atoms with Crippen molar-refractivity contribution >= 4 is 17.5 Å². The lowest BCUT2D eigenvalue weighted by atomic mass is 9.86. The topological polar surface area (TPSA) is 52.7 Å². The summed E-state index contributed by atoms with van der Waals surface area (Å²) in [6, 6.07) is 8.03. The summed E-state index contributed by atoms with van der Waals surface area (Å²) in [5, 5.41) is 2.79. The van der Waals surface area contributed by atoms with E-state index < -0.39 is 0 Å². The van der Waals surface area contributed by atoms with Crippen LogP contribution >= 0.6 is 0 Å². The van der Waals surface area contributed by atoms with Crippen molar-refractivity contribution in [1.29, 1.82) is 0 Å². The lowest BCUT2D eigenvalue weighted by Gasteiger charge is -2.24. The fraction of sp³-hybridized carbons (Fsp3) is 0.474. The molecule has 1 aromatic rings. The average Bonchev–Trinajstić information content (AvgIpc) is 3.15. The van der Waals surface area contributed by atoms with Gasteiger partial charge < -0.3 is 10.2 Å². The first kappa shape index (κ1) is 16.7. The molecule has 0 saturated carbocycles. The standard InChI is InChI=1S/C19H25N3O2/c1-3-18(24)22-11-9-19(14-22)8-10-21(13-19)12-16-4-6-17(7-5-16)20-15(2)23/h3-7H,1,8-14H2,2H3,(H,20,23). The van der Waals surface area contributed by atoms with Crippen LogP contribution in [-0.4, -0.2) is 47.8 Å². The van der Waals surface area contributed by atoms with Gasteiger partial charge in [0.2, 0.25) is 11.8 Å². The van der Waals surface area contributed by atoms with Gasteiger partial charge in [0.1, 0.15) is 0 Å². The maximum absolute atomic E-state index is 11.8. The number of carbonyl (C=O) groups excluding carboxylic acids is 2. The van der Waals surface area contributed by atoms with Crippen LogP contribution < -0.4 is 5.32 Å². The number of amides is 2. The van der Waals surface area contributed by atoms with E-state index >= 15 is 0 Å². The van der Waals surface area contributed by atoms with Crippen LogP contribution in [0.1, 0.15) is 25.3 Å². The second-order valence-corrected chi connectivity index (χ2v) is 7.05. The number of hydrogen-bond donors (Lipinski definition) is 1. The number of benzene rings is 1. The molecule has 1 spiro atoms. The lowest BCUT2D eigenvalue weighted by Crippen LogP contribution is -2.33. The number of rotatable bonds is 4. The first-order valence-electron chi connectivity index (χ1n) is 8.50. The van der Waals surface area contributed by atoms with Crippen LogP contribution in [0.5, 0.6) is 0 Å². The van der Waals surface area contributed by atoms with Crippen molar-refractivity contribution in [2.75, 3.05) is 31.5 Å². The SMILES string of the molecule is C=CC(=O)N1CCC2(CCN(Cc3ccc(NC(C)=O)cc3)C2)C1. The molecule has 0 aromatic heterocycles. The molecule has 2 aliphatic heterocycles. The van der Waals surface area contributed by atoms with E-state index in [4.69, 9.17) is 0 Å². The third-order valence-corrected chi connectivity index (χ3v) is 5.12. The van der Waals surface area contributed by atoms with Gasteiger partial charge in [-0.1, -0.05) is 18.7 Å². The zero-order chi connectivity index (χ0) is 17.2. The Hall–Kier alpha value is -2.14. The van der Waals surface area contributed by atoms with Crippen molar-refractivity contribution in [2.24, 2.45) is 5.41 Å². The predicted octanol–water partition coefficient (Wildman–Crippen LogP) is 2.26. The van der Waals surface area contributed by atoms with Crippen LogP contribution in [0, 0.1) is 5.41 Å². The van der Waals surface area contributed by atoms with Crippen LogP contribution in [0.25, 0.3) is 0 Å². The first-order valence-corrected chi connectivity index (χ1v) is 8.50. The van der Waals surface area contributed by atoms with Gasteiger partial charge in [-0.05, 0) is 43.2 Å². The van der Waals surface area contributed by atoms with E-state index in [0.29, 0.717) is 0 Å². The Kier molecular flexibility index (Phi) is 4.71. The smallest absolute Gasteiger partial charge is 0.245 e. The summed E-state index contributed by atoms with van der Waals surface area (Å²) in [6.45, 7) is 9.84. The molecule has 128 valence electrons. The van der Waals surface area contributed by atoms with E-state index in [2.05, 4.69) is 28.9 Å². The second-order valence-electron chi connectivity index (χ2n) is 7.05. The molecule has 24 heavy (non-hydrogen) atoms. The summed E-state index contributed by atoms with van der Waals surface area (Å²) in [5.41, 5.74) is 2.34. The number of carbonyl (C=O) groups is 2. The van der Waals surface area contributed by atoms with Crippen molar-refractivity contribution in [3.05, 3.63) is 42.5 Å². The van der Waals surface area contributed by atoms with Gasteiger partial charge in [0.25, 0.3) is 0 Å². The Morgan fingerprint density at radius 3 is 2.58 bits per heavy atom. The maximum Gasteiger partial charge on any atom is 0.245 e. The maximum atomic E-state index is 11.8. The fourth-order valence-corrected chi connectivity index (χ4v) is 3.90. The molecule has 0 radical (unpaired) electrons. The van der Waals surface area contributed by atoms with Crippen LogP contribution in [0.4, 0.5) is 5.69 Å². The summed E-state index contributed by atoms with van der Waals surface area (Å²) in [5.74, 6) is 0.00276. The van der Waals surface area contributed by atoms with Gasteiger partial charge in [-0.2, -0.15) is 0 Å². The normalized spacial score (nSPS) is 23.6. The summed E-state index contributed by atoms with van der Waals surface area (Å²) in [7, 11) is 0. The third kappa shape index (κ3) is 3.67. The van der Waals surface area contributed by atoms with Gasteiger partial charge in [0.05, 0.1) is 0 Å². The Morgan fingerprint density at radius 1 is 1.21 bits per heavy atom. The van der Waals surface area contributed by atoms with Crippen molar-refractivity contribution in [3.63, 3.8) is 0 Å². The summed E-state index contributed by atoms with van der Waals surface area (Å²) in [6.07, 6.45) is 3.66. The van der Waals surface area contributed by atoms with Crippen LogP contribution in [0.3, 0.4) is 0 Å². The molecule has 5 nitrogen and oxygen atoms in total. The first-order chi connectivity index (χ1) is 11.5. The number of nitrogens with one attached hydrogen (secondary N) is 1. The monoisotopic (exact) mass is 327 g/mol. The number of hydrogen-bond acceptors (Lipinski definition) is 3. The van der Waals surface area contributed by atoms with Gasteiger partial charge in [-0.15, -0.1) is 0 Å². The van der Waals surface area contributed by atoms with E-state index in [9.17, 15) is 9.59 Å². The molecule has 5 heteroatoms. The van der Waals surface area contributed by atoms with Crippen molar-refractivity contribution in [1.82, 2.24) is 9.80 Å². The van der Waals surface area contributed by atoms with Gasteiger partial charge in [-0.25, -0.2) is 0 Å². The van der Waals surface area contributed by atoms with Crippen LogP contribution in [-0.2, 0) is 16.1 Å². The van der Waals surface area contributed by atoms with E-state index in [1.165, 1.54) is 18.6 Å². The number of anilines is 1. The Balaban J connectivity index is 1.56. The summed E-state index contributed by atoms with van der Waals surface area (Å²) >= 11 is 0. The highest BCUT2D eigenvalue weighted by atomic mass is 16.2. The fourth-order valence-electron chi connectivity index (χ4n) is 3.90. The van der Waals surface area contributed by atoms with Gasteiger partial charge in [0.15, 0.2) is 0 Å². The van der Waals surface area contributed by atoms with Crippen LogP contribution in [0.2, 0.25) is 0 Å². The molecule has 2 fully saturated rings. The zero-order valence-corrected chi connectivity index (χ0v) is 14.3. The molecule has 2 aliphatic rings. The molecular weight excluding hydrogens is 302 g/mol. The molecular formula is C19H25N3O2. The molecule has 0 bridgehead atoms. The third-order valence-electron chi connectivity index (χ3n) is 5.12. The highest BCUT2D eigenvalue weighted by molar-refractivity contribution is 5.88. The Bertz CT molecular complexity index is 641. The van der Waals surface area contributed by atoms with Crippen LogP contribution in [0.15, 0.2) is 36.9 Å². The average molecular weight is 327 g/mol. The molecule has 1 atom stereocenters. The lowest BCUT2D eigenvalue weighted by molar-refractivity contribution is -0.125. The van der Waals surface area contributed by atoms with Crippen molar-refractivity contribution < 1.29 is 9.59 Å². The molecule has 1 aromatic carbocycles. The molecule has 3 rings (SSSR count). The predicted molar refractivity (Wildman–Crippen MR) is 94.5 cm³/mol. The quantitative estimate of drug-likeness (QED) is 0.863. The Morgan fingerprint density at radius 2 is 1.92 bits per heavy atom.